The molecule has 3 nitrogen and oxygen atoms in total. The fourth-order valence-electron chi connectivity index (χ4n) is 1.57. The van der Waals surface area contributed by atoms with Crippen molar-refractivity contribution in [3.63, 3.8) is 0 Å². The molecule has 1 aromatic rings. The van der Waals surface area contributed by atoms with Gasteiger partial charge >= 0.3 is 0 Å². The van der Waals surface area contributed by atoms with Crippen molar-refractivity contribution in [2.45, 2.75) is 33.1 Å². The summed E-state index contributed by atoms with van der Waals surface area (Å²) in [4.78, 5) is 0. The molecule has 0 aromatic heterocycles. The van der Waals surface area contributed by atoms with E-state index in [1.54, 1.807) is 0 Å². The Bertz CT molecular complexity index is 332. The third kappa shape index (κ3) is 1.76. The second-order valence-electron chi connectivity index (χ2n) is 3.32. The van der Waals surface area contributed by atoms with Gasteiger partial charge in [0.05, 0.1) is 0 Å². The molecule has 0 amide bonds. The van der Waals surface area contributed by atoms with Crippen molar-refractivity contribution in [1.29, 1.82) is 0 Å². The smallest absolute Gasteiger partial charge is 0.129 e. The highest BCUT2D eigenvalue weighted by Gasteiger charge is 2.14. The molecule has 0 saturated heterocycles. The molecule has 14 heavy (non-hydrogen) atoms. The number of benzene rings is 1. The maximum atomic E-state index is 9.76. The van der Waals surface area contributed by atoms with Crippen molar-refractivity contribution >= 4 is 0 Å². The van der Waals surface area contributed by atoms with Crippen LogP contribution in [0.15, 0.2) is 6.07 Å². The summed E-state index contributed by atoms with van der Waals surface area (Å²) < 4.78 is 0. The van der Waals surface area contributed by atoms with E-state index in [2.05, 4.69) is 0 Å². The Balaban J connectivity index is 3.28. The summed E-state index contributed by atoms with van der Waals surface area (Å²) in [5.41, 5.74) is 1.04. The summed E-state index contributed by atoms with van der Waals surface area (Å²) in [7, 11) is 0. The fraction of sp³-hybridized carbons (Fsp3) is 0.455. The second-order valence-corrected chi connectivity index (χ2v) is 3.32. The zero-order valence-corrected chi connectivity index (χ0v) is 8.54. The fourth-order valence-corrected chi connectivity index (χ4v) is 1.57. The summed E-state index contributed by atoms with van der Waals surface area (Å²) in [5.74, 6) is -0.0340. The van der Waals surface area contributed by atoms with E-state index in [0.717, 1.165) is 6.42 Å². The molecule has 0 radical (unpaired) electrons. The van der Waals surface area contributed by atoms with Crippen LogP contribution < -0.4 is 0 Å². The third-order valence-corrected chi connectivity index (χ3v) is 2.32. The van der Waals surface area contributed by atoms with Crippen LogP contribution in [0.3, 0.4) is 0 Å². The number of phenolic OH excluding ortho intramolecular Hbond substituents is 3. The lowest BCUT2D eigenvalue weighted by Crippen LogP contribution is -1.91. The van der Waals surface area contributed by atoms with E-state index in [4.69, 9.17) is 0 Å². The number of aromatic hydroxyl groups is 3. The predicted octanol–water partition coefficient (Wildman–Crippen LogP) is 2.32. The quantitative estimate of drug-likeness (QED) is 0.695. The van der Waals surface area contributed by atoms with Crippen molar-refractivity contribution in [2.75, 3.05) is 0 Å². The van der Waals surface area contributed by atoms with Gasteiger partial charge in [-0.3, -0.25) is 0 Å². The normalized spacial score (nSPS) is 10.4. The molecule has 0 aliphatic rings. The largest absolute Gasteiger partial charge is 0.507 e. The van der Waals surface area contributed by atoms with Crippen molar-refractivity contribution in [2.24, 2.45) is 0 Å². The average molecular weight is 196 g/mol. The predicted molar refractivity (Wildman–Crippen MR) is 54.8 cm³/mol. The van der Waals surface area contributed by atoms with E-state index in [1.165, 1.54) is 6.07 Å². The molecule has 78 valence electrons. The lowest BCUT2D eigenvalue weighted by atomic mass is 10.0. The van der Waals surface area contributed by atoms with Gasteiger partial charge < -0.3 is 15.3 Å². The highest BCUT2D eigenvalue weighted by Crippen LogP contribution is 2.38. The molecule has 3 heteroatoms. The molecule has 0 aliphatic carbocycles. The Morgan fingerprint density at radius 2 is 1.57 bits per heavy atom. The number of phenols is 3. The highest BCUT2D eigenvalue weighted by molar-refractivity contribution is 5.55. The van der Waals surface area contributed by atoms with E-state index in [0.29, 0.717) is 24.0 Å². The van der Waals surface area contributed by atoms with Crippen LogP contribution in [0, 0.1) is 0 Å². The first kappa shape index (κ1) is 10.7. The topological polar surface area (TPSA) is 60.7 Å². The minimum absolute atomic E-state index is 0.0287. The molecule has 0 spiro atoms. The van der Waals surface area contributed by atoms with Crippen LogP contribution in [0.2, 0.25) is 0 Å². The van der Waals surface area contributed by atoms with E-state index in [-0.39, 0.29) is 17.2 Å². The zero-order valence-electron chi connectivity index (χ0n) is 8.54. The number of hydrogen-bond donors (Lipinski definition) is 3. The minimum atomic E-state index is -0.0395. The first-order valence-electron chi connectivity index (χ1n) is 4.87. The van der Waals surface area contributed by atoms with Gasteiger partial charge in [-0.05, 0) is 12.8 Å². The maximum Gasteiger partial charge on any atom is 0.129 e. The van der Waals surface area contributed by atoms with E-state index in [1.807, 2.05) is 13.8 Å². The van der Waals surface area contributed by atoms with E-state index < -0.39 is 0 Å². The van der Waals surface area contributed by atoms with Gasteiger partial charge in [0.25, 0.3) is 0 Å². The SMILES string of the molecule is CCCc1c(O)cc(O)c(CC)c1O. The van der Waals surface area contributed by atoms with Crippen molar-refractivity contribution in [3.05, 3.63) is 17.2 Å². The summed E-state index contributed by atoms with van der Waals surface area (Å²) in [6.45, 7) is 3.82. The van der Waals surface area contributed by atoms with E-state index in [9.17, 15) is 15.3 Å². The molecule has 0 fully saturated rings. The van der Waals surface area contributed by atoms with E-state index >= 15 is 0 Å². The molecular weight excluding hydrogens is 180 g/mol. The maximum absolute atomic E-state index is 9.76. The van der Waals surface area contributed by atoms with Crippen LogP contribution in [0.1, 0.15) is 31.4 Å². The van der Waals surface area contributed by atoms with Crippen LogP contribution in [0.4, 0.5) is 0 Å². The van der Waals surface area contributed by atoms with Crippen LogP contribution in [0.5, 0.6) is 17.2 Å². The summed E-state index contributed by atoms with van der Waals surface area (Å²) in [6.07, 6.45) is 2.01. The lowest BCUT2D eigenvalue weighted by Gasteiger charge is -2.11. The molecule has 0 unspecified atom stereocenters. The van der Waals surface area contributed by atoms with Gasteiger partial charge in [0.15, 0.2) is 0 Å². The van der Waals surface area contributed by atoms with Crippen molar-refractivity contribution in [3.8, 4) is 17.2 Å². The van der Waals surface area contributed by atoms with Crippen LogP contribution in [-0.4, -0.2) is 15.3 Å². The first-order valence-corrected chi connectivity index (χ1v) is 4.87. The molecule has 3 N–H and O–H groups in total. The van der Waals surface area contributed by atoms with Crippen LogP contribution >= 0.6 is 0 Å². The Morgan fingerprint density at radius 1 is 1.00 bits per heavy atom. The van der Waals surface area contributed by atoms with Crippen LogP contribution in [0.25, 0.3) is 0 Å². The van der Waals surface area contributed by atoms with Gasteiger partial charge in [-0.2, -0.15) is 0 Å². The Morgan fingerprint density at radius 3 is 2.07 bits per heavy atom. The number of rotatable bonds is 3. The number of hydrogen-bond acceptors (Lipinski definition) is 3. The lowest BCUT2D eigenvalue weighted by molar-refractivity contribution is 0.411. The summed E-state index contributed by atoms with van der Waals surface area (Å²) in [5, 5.41) is 28.7. The molecule has 0 bridgehead atoms. The Kier molecular flexibility index (Phi) is 3.23. The monoisotopic (exact) mass is 196 g/mol. The van der Waals surface area contributed by atoms with Gasteiger partial charge in [0, 0.05) is 17.2 Å². The minimum Gasteiger partial charge on any atom is -0.507 e. The zero-order chi connectivity index (χ0) is 10.7. The van der Waals surface area contributed by atoms with Crippen LogP contribution in [-0.2, 0) is 12.8 Å². The highest BCUT2D eigenvalue weighted by atomic mass is 16.3. The third-order valence-electron chi connectivity index (χ3n) is 2.32. The molecule has 1 aromatic carbocycles. The average Bonchev–Trinajstić information content (AvgIpc) is 2.12. The second kappa shape index (κ2) is 4.22. The van der Waals surface area contributed by atoms with Crippen molar-refractivity contribution < 1.29 is 15.3 Å². The first-order chi connectivity index (χ1) is 6.61. The molecule has 0 aliphatic heterocycles. The molecule has 0 heterocycles. The standard InChI is InChI=1S/C11H16O3/c1-3-5-8-10(13)6-9(12)7(4-2)11(8)14/h6,12-14H,3-5H2,1-2H3. The molecule has 0 saturated carbocycles. The van der Waals surface area contributed by atoms with Gasteiger partial charge in [-0.1, -0.05) is 20.3 Å². The Hall–Kier alpha value is -1.38. The van der Waals surface area contributed by atoms with Gasteiger partial charge in [0.2, 0.25) is 0 Å². The molecule has 1 rings (SSSR count). The van der Waals surface area contributed by atoms with Gasteiger partial charge in [0.1, 0.15) is 17.2 Å². The summed E-state index contributed by atoms with van der Waals surface area (Å²) >= 11 is 0. The Labute approximate surface area is 83.6 Å². The van der Waals surface area contributed by atoms with Crippen molar-refractivity contribution in [1.82, 2.24) is 0 Å². The van der Waals surface area contributed by atoms with Gasteiger partial charge in [-0.15, -0.1) is 0 Å². The molecular formula is C11H16O3. The van der Waals surface area contributed by atoms with Gasteiger partial charge in [-0.25, -0.2) is 0 Å². The molecule has 0 atom stereocenters. The summed E-state index contributed by atoms with van der Waals surface area (Å²) in [6, 6.07) is 1.30.